The lowest BCUT2D eigenvalue weighted by atomic mass is 10.2. The van der Waals surface area contributed by atoms with Crippen LogP contribution < -0.4 is 4.74 Å². The van der Waals surface area contributed by atoms with Crippen molar-refractivity contribution in [3.05, 3.63) is 23.4 Å². The molecule has 6 heteroatoms. The molecule has 0 fully saturated rings. The zero-order chi connectivity index (χ0) is 9.84. The quantitative estimate of drug-likeness (QED) is 0.761. The number of ether oxygens (including phenoxy) is 1. The molecule has 0 aliphatic carbocycles. The first kappa shape index (κ1) is 13.4. The number of alkyl halides is 3. The third kappa shape index (κ3) is 2.96. The van der Waals surface area contributed by atoms with Crippen molar-refractivity contribution in [2.75, 3.05) is 7.11 Å². The number of nitrogens with zero attached hydrogens (tertiary/aromatic N) is 1. The Morgan fingerprint density at radius 2 is 2.14 bits per heavy atom. The van der Waals surface area contributed by atoms with Crippen molar-refractivity contribution in [3.8, 4) is 5.88 Å². The van der Waals surface area contributed by atoms with Crippen LogP contribution in [0.1, 0.15) is 17.7 Å². The molecule has 1 aromatic heterocycles. The number of pyridine rings is 1. The van der Waals surface area contributed by atoms with Gasteiger partial charge in [-0.25, -0.2) is 13.8 Å². The molecule has 1 rings (SSSR count). The summed E-state index contributed by atoms with van der Waals surface area (Å²) in [7, 11) is 1.42. The molecule has 80 valence electrons. The summed E-state index contributed by atoms with van der Waals surface area (Å²) in [5.41, 5.74) is 0.0202. The van der Waals surface area contributed by atoms with Gasteiger partial charge in [-0.3, -0.25) is 0 Å². The minimum Gasteiger partial charge on any atom is -0.481 e. The normalized spacial score (nSPS) is 9.79. The van der Waals surface area contributed by atoms with Crippen molar-refractivity contribution in [1.29, 1.82) is 0 Å². The molecule has 0 aliphatic rings. The van der Waals surface area contributed by atoms with Crippen molar-refractivity contribution >= 4 is 24.0 Å². The summed E-state index contributed by atoms with van der Waals surface area (Å²) in [6.45, 7) is 0. The lowest BCUT2D eigenvalue weighted by Crippen LogP contribution is -1.98. The van der Waals surface area contributed by atoms with Crippen molar-refractivity contribution in [2.45, 2.75) is 12.3 Å². The molecule has 1 aromatic rings. The van der Waals surface area contributed by atoms with Gasteiger partial charge in [0.15, 0.2) is 0 Å². The van der Waals surface area contributed by atoms with Crippen LogP contribution in [0.15, 0.2) is 12.1 Å². The van der Waals surface area contributed by atoms with Crippen molar-refractivity contribution < 1.29 is 13.5 Å². The fourth-order valence-corrected chi connectivity index (χ4v) is 1.13. The Morgan fingerprint density at radius 1 is 1.50 bits per heavy atom. The summed E-state index contributed by atoms with van der Waals surface area (Å²) in [6, 6.07) is 2.66. The molecular weight excluding hydrogens is 235 g/mol. The maximum atomic E-state index is 12.3. The Labute approximate surface area is 91.6 Å². The molecule has 0 radical (unpaired) electrons. The highest BCUT2D eigenvalue weighted by Crippen LogP contribution is 2.24. The predicted octanol–water partition coefficient (Wildman–Crippen LogP) is 3.19. The molecular formula is C8H9Cl2F2NO. The van der Waals surface area contributed by atoms with E-state index >= 15 is 0 Å². The highest BCUT2D eigenvalue weighted by molar-refractivity contribution is 6.17. The number of rotatable bonds is 3. The summed E-state index contributed by atoms with van der Waals surface area (Å²) in [6.07, 6.45) is -2.55. The third-order valence-corrected chi connectivity index (χ3v) is 1.81. The molecule has 0 unspecified atom stereocenters. The van der Waals surface area contributed by atoms with Gasteiger partial charge in [0.1, 0.15) is 0 Å². The summed E-state index contributed by atoms with van der Waals surface area (Å²) >= 11 is 5.45. The monoisotopic (exact) mass is 243 g/mol. The van der Waals surface area contributed by atoms with Crippen LogP contribution in [0.4, 0.5) is 8.78 Å². The van der Waals surface area contributed by atoms with E-state index < -0.39 is 6.43 Å². The van der Waals surface area contributed by atoms with Gasteiger partial charge in [0.25, 0.3) is 6.43 Å². The van der Waals surface area contributed by atoms with E-state index in [0.717, 1.165) is 0 Å². The van der Waals surface area contributed by atoms with Crippen LogP contribution in [0, 0.1) is 0 Å². The van der Waals surface area contributed by atoms with Crippen molar-refractivity contribution in [3.63, 3.8) is 0 Å². The standard InChI is InChI=1S/C8H8ClF2NO.ClH/c1-13-7-3-2-5(8(10)11)6(4-9)12-7;/h2-3,8H,4H2,1H3;1H. The molecule has 0 aliphatic heterocycles. The Kier molecular flexibility index (Phi) is 5.72. The Bertz CT molecular complexity index is 297. The van der Waals surface area contributed by atoms with Crippen LogP contribution in [0.3, 0.4) is 0 Å². The van der Waals surface area contributed by atoms with Gasteiger partial charge >= 0.3 is 0 Å². The van der Waals surface area contributed by atoms with Crippen molar-refractivity contribution in [1.82, 2.24) is 4.98 Å². The highest BCUT2D eigenvalue weighted by atomic mass is 35.5. The Morgan fingerprint density at radius 3 is 2.57 bits per heavy atom. The average molecular weight is 244 g/mol. The molecule has 0 atom stereocenters. The van der Waals surface area contributed by atoms with E-state index in [1.807, 2.05) is 0 Å². The highest BCUT2D eigenvalue weighted by Gasteiger charge is 2.13. The van der Waals surface area contributed by atoms with E-state index in [-0.39, 0.29) is 29.5 Å². The number of methoxy groups -OCH3 is 1. The lowest BCUT2D eigenvalue weighted by Gasteiger charge is -2.06. The van der Waals surface area contributed by atoms with E-state index in [1.165, 1.54) is 19.2 Å². The maximum absolute atomic E-state index is 12.3. The number of hydrogen-bond donors (Lipinski definition) is 0. The summed E-state index contributed by atoms with van der Waals surface area (Å²) in [5, 5.41) is 0. The minimum atomic E-state index is -2.55. The van der Waals surface area contributed by atoms with Gasteiger partial charge < -0.3 is 4.74 Å². The maximum Gasteiger partial charge on any atom is 0.265 e. The first-order valence-electron chi connectivity index (χ1n) is 3.57. The van der Waals surface area contributed by atoms with Gasteiger partial charge in [-0.15, -0.1) is 24.0 Å². The predicted molar refractivity (Wildman–Crippen MR) is 52.6 cm³/mol. The second kappa shape index (κ2) is 5.98. The molecule has 14 heavy (non-hydrogen) atoms. The Hall–Kier alpha value is -0.610. The molecule has 1 heterocycles. The van der Waals surface area contributed by atoms with Crippen LogP contribution in [0.25, 0.3) is 0 Å². The number of hydrogen-bond acceptors (Lipinski definition) is 2. The fraction of sp³-hybridized carbons (Fsp3) is 0.375. The zero-order valence-electron chi connectivity index (χ0n) is 7.34. The van der Waals surface area contributed by atoms with Gasteiger partial charge in [-0.2, -0.15) is 0 Å². The molecule has 0 spiro atoms. The van der Waals surface area contributed by atoms with Crippen LogP contribution in [0.5, 0.6) is 5.88 Å². The van der Waals surface area contributed by atoms with E-state index in [4.69, 9.17) is 16.3 Å². The van der Waals surface area contributed by atoms with E-state index in [9.17, 15) is 8.78 Å². The number of aromatic nitrogens is 1. The van der Waals surface area contributed by atoms with Gasteiger partial charge in [-0.05, 0) is 6.07 Å². The van der Waals surface area contributed by atoms with Gasteiger partial charge in [0.2, 0.25) is 5.88 Å². The van der Waals surface area contributed by atoms with E-state index in [1.54, 1.807) is 0 Å². The summed E-state index contributed by atoms with van der Waals surface area (Å²) in [4.78, 5) is 3.80. The van der Waals surface area contributed by atoms with Crippen molar-refractivity contribution in [2.24, 2.45) is 0 Å². The Balaban J connectivity index is 0.00000169. The lowest BCUT2D eigenvalue weighted by molar-refractivity contribution is 0.149. The minimum absolute atomic E-state index is 0. The SMILES string of the molecule is COc1ccc(C(F)F)c(CCl)n1.Cl. The molecule has 2 nitrogen and oxygen atoms in total. The second-order valence-electron chi connectivity index (χ2n) is 2.32. The van der Waals surface area contributed by atoms with E-state index in [2.05, 4.69) is 4.98 Å². The van der Waals surface area contributed by atoms with Gasteiger partial charge in [0.05, 0.1) is 18.7 Å². The van der Waals surface area contributed by atoms with Crippen LogP contribution >= 0.6 is 24.0 Å². The second-order valence-corrected chi connectivity index (χ2v) is 2.59. The first-order chi connectivity index (χ1) is 6.19. The largest absolute Gasteiger partial charge is 0.481 e. The zero-order valence-corrected chi connectivity index (χ0v) is 8.91. The molecule has 0 amide bonds. The summed E-state index contributed by atoms with van der Waals surface area (Å²) in [5.74, 6) is 0.247. The van der Waals surface area contributed by atoms with E-state index in [0.29, 0.717) is 5.88 Å². The fourth-order valence-electron chi connectivity index (χ4n) is 0.911. The summed E-state index contributed by atoms with van der Waals surface area (Å²) < 4.78 is 29.4. The topological polar surface area (TPSA) is 22.1 Å². The molecule has 0 saturated heterocycles. The average Bonchev–Trinajstić information content (AvgIpc) is 2.16. The van der Waals surface area contributed by atoms with Crippen LogP contribution in [0.2, 0.25) is 0 Å². The molecule has 0 saturated carbocycles. The smallest absolute Gasteiger partial charge is 0.265 e. The van der Waals surface area contributed by atoms with Crippen LogP contribution in [-0.4, -0.2) is 12.1 Å². The van der Waals surface area contributed by atoms with Gasteiger partial charge in [-0.1, -0.05) is 0 Å². The molecule has 0 aromatic carbocycles. The van der Waals surface area contributed by atoms with Gasteiger partial charge in [0, 0.05) is 11.6 Å². The first-order valence-corrected chi connectivity index (χ1v) is 4.10. The number of halogens is 4. The molecule has 0 N–H and O–H groups in total. The molecule has 0 bridgehead atoms. The van der Waals surface area contributed by atoms with Crippen LogP contribution in [-0.2, 0) is 5.88 Å². The third-order valence-electron chi connectivity index (χ3n) is 1.55.